The molecular weight excluding hydrogens is 323 g/mol. The summed E-state index contributed by atoms with van der Waals surface area (Å²) in [5.74, 6) is 0.123. The molecule has 0 radical (unpaired) electrons. The van der Waals surface area contributed by atoms with Crippen LogP contribution < -0.4 is 15.4 Å². The first-order valence-corrected chi connectivity index (χ1v) is 8.17. The number of carbonyl (C=O) groups excluding carboxylic acids is 2. The Balaban J connectivity index is 1.44. The summed E-state index contributed by atoms with van der Waals surface area (Å²) in [4.78, 5) is 23.2. The number of aryl methyl sites for hydroxylation is 1. The summed E-state index contributed by atoms with van der Waals surface area (Å²) in [6.45, 7) is 0.531. The van der Waals surface area contributed by atoms with E-state index in [1.165, 1.54) is 12.1 Å². The van der Waals surface area contributed by atoms with Gasteiger partial charge in [0.2, 0.25) is 5.91 Å². The molecule has 1 aliphatic heterocycles. The van der Waals surface area contributed by atoms with E-state index in [0.717, 1.165) is 11.1 Å². The molecule has 0 unspecified atom stereocenters. The highest BCUT2D eigenvalue weighted by molar-refractivity contribution is 5.95. The van der Waals surface area contributed by atoms with Crippen LogP contribution in [0, 0.1) is 5.82 Å². The lowest BCUT2D eigenvalue weighted by Crippen LogP contribution is -2.26. The van der Waals surface area contributed by atoms with Gasteiger partial charge >= 0.3 is 0 Å². The number of anilines is 1. The van der Waals surface area contributed by atoms with Crippen molar-refractivity contribution in [3.8, 4) is 5.75 Å². The Labute approximate surface area is 145 Å². The Morgan fingerprint density at radius 1 is 1.16 bits per heavy atom. The number of amides is 2. The number of hydrogen-bond donors (Lipinski definition) is 2. The van der Waals surface area contributed by atoms with Crippen LogP contribution in [0.15, 0.2) is 42.5 Å². The zero-order valence-electron chi connectivity index (χ0n) is 13.7. The zero-order valence-corrected chi connectivity index (χ0v) is 13.7. The Kier molecular flexibility index (Phi) is 5.28. The number of hydrogen-bond acceptors (Lipinski definition) is 3. The molecule has 1 aliphatic rings. The average molecular weight is 342 g/mol. The van der Waals surface area contributed by atoms with Crippen LogP contribution in [0.5, 0.6) is 5.75 Å². The highest BCUT2D eigenvalue weighted by Crippen LogP contribution is 2.28. The molecule has 1 heterocycles. The number of ether oxygens (including phenoxy) is 1. The third-order valence-electron chi connectivity index (χ3n) is 3.94. The summed E-state index contributed by atoms with van der Waals surface area (Å²) in [5.41, 5.74) is 2.46. The molecule has 0 saturated carbocycles. The van der Waals surface area contributed by atoms with Crippen molar-refractivity contribution in [1.29, 1.82) is 0 Å². The smallest absolute Gasteiger partial charge is 0.262 e. The molecule has 0 fully saturated rings. The van der Waals surface area contributed by atoms with Gasteiger partial charge in [-0.15, -0.1) is 0 Å². The van der Waals surface area contributed by atoms with Crippen molar-refractivity contribution >= 4 is 17.5 Å². The Hall–Kier alpha value is -2.89. The van der Waals surface area contributed by atoms with Gasteiger partial charge in [-0.3, -0.25) is 9.59 Å². The molecule has 25 heavy (non-hydrogen) atoms. The number of benzene rings is 2. The first kappa shape index (κ1) is 17.0. The van der Waals surface area contributed by atoms with Crippen LogP contribution in [0.3, 0.4) is 0 Å². The zero-order chi connectivity index (χ0) is 17.6. The first-order chi connectivity index (χ1) is 12.1. The average Bonchev–Trinajstić information content (AvgIpc) is 2.60. The molecule has 0 aliphatic carbocycles. The van der Waals surface area contributed by atoms with Crippen LogP contribution in [0.2, 0.25) is 0 Å². The van der Waals surface area contributed by atoms with Gasteiger partial charge in [0, 0.05) is 13.0 Å². The van der Waals surface area contributed by atoms with Crippen molar-refractivity contribution in [3.05, 3.63) is 59.4 Å². The van der Waals surface area contributed by atoms with Crippen molar-refractivity contribution in [1.82, 2.24) is 5.32 Å². The van der Waals surface area contributed by atoms with Crippen molar-refractivity contribution in [2.45, 2.75) is 19.3 Å². The summed E-state index contributed by atoms with van der Waals surface area (Å²) in [6, 6.07) is 11.9. The molecule has 5 nitrogen and oxygen atoms in total. The first-order valence-electron chi connectivity index (χ1n) is 8.17. The lowest BCUT2D eigenvalue weighted by molar-refractivity contribution is -0.121. The minimum Gasteiger partial charge on any atom is -0.482 e. The Morgan fingerprint density at radius 3 is 2.84 bits per heavy atom. The van der Waals surface area contributed by atoms with E-state index in [2.05, 4.69) is 10.6 Å². The SMILES string of the molecule is O=C(CCc1cccc(F)c1)NCCc1ccc2c(c1)NC(=O)CO2. The van der Waals surface area contributed by atoms with Gasteiger partial charge in [0.25, 0.3) is 5.91 Å². The summed E-state index contributed by atoms with van der Waals surface area (Å²) in [7, 11) is 0. The molecule has 0 saturated heterocycles. The minimum atomic E-state index is -0.290. The maximum absolute atomic E-state index is 13.1. The fraction of sp³-hybridized carbons (Fsp3) is 0.263. The second-order valence-corrected chi connectivity index (χ2v) is 5.90. The molecule has 3 rings (SSSR count). The van der Waals surface area contributed by atoms with Crippen LogP contribution in [0.1, 0.15) is 17.5 Å². The molecule has 2 amide bonds. The normalized spacial score (nSPS) is 12.8. The fourth-order valence-electron chi connectivity index (χ4n) is 2.67. The Morgan fingerprint density at radius 2 is 2.00 bits per heavy atom. The van der Waals surface area contributed by atoms with Crippen LogP contribution in [0.25, 0.3) is 0 Å². The van der Waals surface area contributed by atoms with Crippen LogP contribution in [-0.4, -0.2) is 25.0 Å². The number of halogens is 1. The fourth-order valence-corrected chi connectivity index (χ4v) is 2.67. The van der Waals surface area contributed by atoms with E-state index in [4.69, 9.17) is 4.74 Å². The van der Waals surface area contributed by atoms with Gasteiger partial charge in [-0.1, -0.05) is 18.2 Å². The largest absolute Gasteiger partial charge is 0.482 e. The third-order valence-corrected chi connectivity index (χ3v) is 3.94. The Bertz CT molecular complexity index is 792. The second-order valence-electron chi connectivity index (χ2n) is 5.90. The van der Waals surface area contributed by atoms with Crippen molar-refractivity contribution in [3.63, 3.8) is 0 Å². The van der Waals surface area contributed by atoms with E-state index in [-0.39, 0.29) is 24.2 Å². The molecular formula is C19H19FN2O3. The molecule has 2 aromatic rings. The molecule has 2 N–H and O–H groups in total. The van der Waals surface area contributed by atoms with Gasteiger partial charge in [-0.25, -0.2) is 4.39 Å². The number of nitrogens with one attached hydrogen (secondary N) is 2. The maximum atomic E-state index is 13.1. The van der Waals surface area contributed by atoms with Crippen molar-refractivity contribution in [2.24, 2.45) is 0 Å². The maximum Gasteiger partial charge on any atom is 0.262 e. The molecule has 2 aromatic carbocycles. The molecule has 0 bridgehead atoms. The third kappa shape index (κ3) is 4.79. The monoisotopic (exact) mass is 342 g/mol. The standard InChI is InChI=1S/C19H19FN2O3/c20-15-3-1-2-13(10-15)5-7-18(23)21-9-8-14-4-6-17-16(11-14)22-19(24)12-25-17/h1-4,6,10-11H,5,7-9,12H2,(H,21,23)(H,22,24). The van der Waals surface area contributed by atoms with E-state index in [9.17, 15) is 14.0 Å². The van der Waals surface area contributed by atoms with Crippen molar-refractivity contribution in [2.75, 3.05) is 18.5 Å². The summed E-state index contributed by atoms with van der Waals surface area (Å²) in [5, 5.41) is 5.61. The highest BCUT2D eigenvalue weighted by atomic mass is 19.1. The summed E-state index contributed by atoms with van der Waals surface area (Å²) < 4.78 is 18.4. The molecule has 0 atom stereocenters. The quantitative estimate of drug-likeness (QED) is 0.847. The van der Waals surface area contributed by atoms with Crippen LogP contribution >= 0.6 is 0 Å². The van der Waals surface area contributed by atoms with Gasteiger partial charge in [0.15, 0.2) is 6.61 Å². The molecule has 0 spiro atoms. The van der Waals surface area contributed by atoms with Gasteiger partial charge < -0.3 is 15.4 Å². The molecule has 130 valence electrons. The lowest BCUT2D eigenvalue weighted by atomic mass is 10.1. The number of rotatable bonds is 6. The molecule has 6 heteroatoms. The lowest BCUT2D eigenvalue weighted by Gasteiger charge is -2.18. The topological polar surface area (TPSA) is 67.4 Å². The number of fused-ring (bicyclic) bond motifs is 1. The van der Waals surface area contributed by atoms with Gasteiger partial charge in [-0.2, -0.15) is 0 Å². The highest BCUT2D eigenvalue weighted by Gasteiger charge is 2.15. The van der Waals surface area contributed by atoms with E-state index in [0.29, 0.717) is 37.2 Å². The van der Waals surface area contributed by atoms with Gasteiger partial charge in [-0.05, 0) is 48.2 Å². The predicted octanol–water partition coefficient (Wildman–Crippen LogP) is 2.45. The molecule has 0 aromatic heterocycles. The van der Waals surface area contributed by atoms with Gasteiger partial charge in [0.05, 0.1) is 5.69 Å². The van der Waals surface area contributed by atoms with Crippen molar-refractivity contribution < 1.29 is 18.7 Å². The summed E-state index contributed by atoms with van der Waals surface area (Å²) in [6.07, 6.45) is 1.47. The van der Waals surface area contributed by atoms with E-state index >= 15 is 0 Å². The minimum absolute atomic E-state index is 0.0354. The predicted molar refractivity (Wildman–Crippen MR) is 92.0 cm³/mol. The van der Waals surface area contributed by atoms with Crippen LogP contribution in [-0.2, 0) is 22.4 Å². The number of carbonyl (C=O) groups is 2. The van der Waals surface area contributed by atoms with Crippen LogP contribution in [0.4, 0.5) is 10.1 Å². The second kappa shape index (κ2) is 7.79. The van der Waals surface area contributed by atoms with E-state index in [1.807, 2.05) is 18.2 Å². The van der Waals surface area contributed by atoms with E-state index in [1.54, 1.807) is 12.1 Å². The summed E-state index contributed by atoms with van der Waals surface area (Å²) >= 11 is 0. The van der Waals surface area contributed by atoms with E-state index < -0.39 is 0 Å². The van der Waals surface area contributed by atoms with Gasteiger partial charge in [0.1, 0.15) is 11.6 Å².